The number of halogens is 2. The molecule has 3 heteroatoms. The van der Waals surface area contributed by atoms with Crippen LogP contribution in [0, 0.1) is 12.7 Å². The molecule has 0 saturated carbocycles. The van der Waals surface area contributed by atoms with E-state index in [2.05, 4.69) is 0 Å². The standard InChI is InChI=1S/C9H8ClFO/c1-6-2-3-8(11)7(4-5-12)9(6)10/h2-3,5H,4H2,1H3. The molecule has 0 N–H and O–H groups in total. The van der Waals surface area contributed by atoms with Gasteiger partial charge in [-0.25, -0.2) is 4.39 Å². The number of benzene rings is 1. The largest absolute Gasteiger partial charge is 0.303 e. The summed E-state index contributed by atoms with van der Waals surface area (Å²) in [5, 5.41) is 0.349. The van der Waals surface area contributed by atoms with Gasteiger partial charge in [-0.2, -0.15) is 0 Å². The molecule has 0 aliphatic carbocycles. The van der Waals surface area contributed by atoms with Crippen LogP contribution in [0.15, 0.2) is 12.1 Å². The van der Waals surface area contributed by atoms with E-state index in [1.165, 1.54) is 6.07 Å². The first kappa shape index (κ1) is 9.20. The number of carbonyl (C=O) groups is 1. The molecule has 0 aliphatic rings. The van der Waals surface area contributed by atoms with E-state index in [1.54, 1.807) is 13.0 Å². The van der Waals surface area contributed by atoms with Crippen LogP contribution in [-0.4, -0.2) is 6.29 Å². The molecule has 0 heterocycles. The fourth-order valence-electron chi connectivity index (χ4n) is 0.985. The SMILES string of the molecule is Cc1ccc(F)c(CC=O)c1Cl. The molecule has 1 rings (SSSR count). The van der Waals surface area contributed by atoms with Crippen molar-refractivity contribution in [1.82, 2.24) is 0 Å². The summed E-state index contributed by atoms with van der Waals surface area (Å²) in [7, 11) is 0. The number of rotatable bonds is 2. The number of hydrogen-bond acceptors (Lipinski definition) is 1. The Morgan fingerprint density at radius 3 is 2.83 bits per heavy atom. The Kier molecular flexibility index (Phi) is 2.82. The van der Waals surface area contributed by atoms with Gasteiger partial charge in [-0.15, -0.1) is 0 Å². The summed E-state index contributed by atoms with van der Waals surface area (Å²) in [6.07, 6.45) is 0.677. The number of carbonyl (C=O) groups excluding carboxylic acids is 1. The molecule has 0 amide bonds. The third-order valence-electron chi connectivity index (χ3n) is 1.67. The van der Waals surface area contributed by atoms with Crippen molar-refractivity contribution in [3.8, 4) is 0 Å². The number of hydrogen-bond donors (Lipinski definition) is 0. The van der Waals surface area contributed by atoms with Crippen molar-refractivity contribution in [3.63, 3.8) is 0 Å². The molecule has 1 aromatic rings. The molecule has 0 aromatic heterocycles. The zero-order chi connectivity index (χ0) is 9.14. The predicted octanol–water partition coefficient (Wildman–Crippen LogP) is 2.53. The summed E-state index contributed by atoms with van der Waals surface area (Å²) in [6.45, 7) is 1.77. The Morgan fingerprint density at radius 1 is 1.58 bits per heavy atom. The third kappa shape index (κ3) is 1.64. The highest BCUT2D eigenvalue weighted by Crippen LogP contribution is 2.23. The van der Waals surface area contributed by atoms with Gasteiger partial charge in [0.1, 0.15) is 12.1 Å². The first-order valence-corrected chi connectivity index (χ1v) is 3.91. The Bertz CT molecular complexity index is 310. The van der Waals surface area contributed by atoms with Gasteiger partial charge in [0, 0.05) is 12.0 Å². The molecular weight excluding hydrogens is 179 g/mol. The molecule has 0 fully saturated rings. The molecule has 0 spiro atoms. The second-order valence-electron chi connectivity index (χ2n) is 2.53. The van der Waals surface area contributed by atoms with Gasteiger partial charge in [0.25, 0.3) is 0 Å². The van der Waals surface area contributed by atoms with Crippen LogP contribution in [0.2, 0.25) is 5.02 Å². The van der Waals surface area contributed by atoms with Crippen molar-refractivity contribution >= 4 is 17.9 Å². The molecule has 0 saturated heterocycles. The van der Waals surface area contributed by atoms with Gasteiger partial charge in [-0.3, -0.25) is 0 Å². The maximum absolute atomic E-state index is 13.0. The summed E-state index contributed by atoms with van der Waals surface area (Å²) in [4.78, 5) is 10.2. The van der Waals surface area contributed by atoms with Crippen molar-refractivity contribution in [1.29, 1.82) is 0 Å². The van der Waals surface area contributed by atoms with Crippen LogP contribution in [0.25, 0.3) is 0 Å². The topological polar surface area (TPSA) is 17.1 Å². The van der Waals surface area contributed by atoms with E-state index in [9.17, 15) is 9.18 Å². The van der Waals surface area contributed by atoms with Gasteiger partial charge in [-0.1, -0.05) is 17.7 Å². The lowest BCUT2D eigenvalue weighted by molar-refractivity contribution is -0.107. The van der Waals surface area contributed by atoms with E-state index in [1.807, 2.05) is 0 Å². The van der Waals surface area contributed by atoms with Gasteiger partial charge in [0.2, 0.25) is 0 Å². The third-order valence-corrected chi connectivity index (χ3v) is 2.19. The van der Waals surface area contributed by atoms with E-state index in [4.69, 9.17) is 11.6 Å². The number of aryl methyl sites for hydroxylation is 1. The molecule has 1 nitrogen and oxygen atoms in total. The Labute approximate surface area is 75.2 Å². The summed E-state index contributed by atoms with van der Waals surface area (Å²) in [6, 6.07) is 2.91. The minimum Gasteiger partial charge on any atom is -0.303 e. The molecule has 0 unspecified atom stereocenters. The fraction of sp³-hybridized carbons (Fsp3) is 0.222. The molecule has 0 bridgehead atoms. The second-order valence-corrected chi connectivity index (χ2v) is 2.91. The lowest BCUT2D eigenvalue weighted by atomic mass is 10.1. The van der Waals surface area contributed by atoms with Crippen LogP contribution < -0.4 is 0 Å². The monoisotopic (exact) mass is 186 g/mol. The van der Waals surface area contributed by atoms with Gasteiger partial charge in [-0.05, 0) is 18.6 Å². The minimum absolute atomic E-state index is 0.0341. The van der Waals surface area contributed by atoms with E-state index in [0.717, 1.165) is 5.56 Å². The Balaban J connectivity index is 3.22. The molecule has 0 aliphatic heterocycles. The molecule has 64 valence electrons. The van der Waals surface area contributed by atoms with Crippen LogP contribution >= 0.6 is 11.6 Å². The average molecular weight is 187 g/mol. The van der Waals surface area contributed by atoms with Gasteiger partial charge < -0.3 is 4.79 Å². The fourth-order valence-corrected chi connectivity index (χ4v) is 1.22. The first-order valence-electron chi connectivity index (χ1n) is 3.54. The van der Waals surface area contributed by atoms with Crippen LogP contribution in [0.3, 0.4) is 0 Å². The summed E-state index contributed by atoms with van der Waals surface area (Å²) in [5.41, 5.74) is 1.07. The van der Waals surface area contributed by atoms with Gasteiger partial charge >= 0.3 is 0 Å². The van der Waals surface area contributed by atoms with Gasteiger partial charge in [0.05, 0.1) is 5.02 Å². The van der Waals surface area contributed by atoms with Crippen LogP contribution in [-0.2, 0) is 11.2 Å². The normalized spacial score (nSPS) is 9.92. The van der Waals surface area contributed by atoms with E-state index < -0.39 is 5.82 Å². The highest BCUT2D eigenvalue weighted by atomic mass is 35.5. The zero-order valence-electron chi connectivity index (χ0n) is 6.60. The van der Waals surface area contributed by atoms with Crippen molar-refractivity contribution in [2.24, 2.45) is 0 Å². The minimum atomic E-state index is -0.419. The Morgan fingerprint density at radius 2 is 2.25 bits per heavy atom. The molecule has 0 radical (unpaired) electrons. The maximum Gasteiger partial charge on any atom is 0.128 e. The van der Waals surface area contributed by atoms with Crippen molar-refractivity contribution in [3.05, 3.63) is 34.1 Å². The lowest BCUT2D eigenvalue weighted by Gasteiger charge is -2.04. The van der Waals surface area contributed by atoms with Crippen LogP contribution in [0.1, 0.15) is 11.1 Å². The highest BCUT2D eigenvalue weighted by molar-refractivity contribution is 6.32. The number of aldehydes is 1. The van der Waals surface area contributed by atoms with Crippen LogP contribution in [0.5, 0.6) is 0 Å². The van der Waals surface area contributed by atoms with Crippen molar-refractivity contribution in [2.75, 3.05) is 0 Å². The molecule has 1 aromatic carbocycles. The molecule has 0 atom stereocenters. The van der Waals surface area contributed by atoms with E-state index >= 15 is 0 Å². The quantitative estimate of drug-likeness (QED) is 0.649. The average Bonchev–Trinajstić information content (AvgIpc) is 2.06. The van der Waals surface area contributed by atoms with Gasteiger partial charge in [0.15, 0.2) is 0 Å². The highest BCUT2D eigenvalue weighted by Gasteiger charge is 2.08. The van der Waals surface area contributed by atoms with Crippen LogP contribution in [0.4, 0.5) is 4.39 Å². The van der Waals surface area contributed by atoms with E-state index in [0.29, 0.717) is 11.3 Å². The summed E-state index contributed by atoms with van der Waals surface area (Å²) in [5.74, 6) is -0.419. The van der Waals surface area contributed by atoms with Crippen molar-refractivity contribution in [2.45, 2.75) is 13.3 Å². The summed E-state index contributed by atoms with van der Waals surface area (Å²) >= 11 is 5.78. The molecule has 12 heavy (non-hydrogen) atoms. The smallest absolute Gasteiger partial charge is 0.128 e. The first-order chi connectivity index (χ1) is 5.66. The van der Waals surface area contributed by atoms with E-state index in [-0.39, 0.29) is 12.0 Å². The molecular formula is C9H8ClFO. The second kappa shape index (κ2) is 3.68. The predicted molar refractivity (Wildman–Crippen MR) is 45.9 cm³/mol. The maximum atomic E-state index is 13.0. The van der Waals surface area contributed by atoms with Crippen molar-refractivity contribution < 1.29 is 9.18 Å². The lowest BCUT2D eigenvalue weighted by Crippen LogP contribution is -1.94. The Hall–Kier alpha value is -0.890. The summed E-state index contributed by atoms with van der Waals surface area (Å²) < 4.78 is 13.0. The zero-order valence-corrected chi connectivity index (χ0v) is 7.36.